The van der Waals surface area contributed by atoms with Crippen molar-refractivity contribution in [3.05, 3.63) is 54.1 Å². The number of hydrogen-bond donors (Lipinski definition) is 4. The Morgan fingerprint density at radius 2 is 1.74 bits per heavy atom. The Hall–Kier alpha value is -2.49. The Balaban J connectivity index is 0.00000364. The highest BCUT2D eigenvalue weighted by atomic mass is 127. The summed E-state index contributed by atoms with van der Waals surface area (Å²) in [5.41, 5.74) is 1.66. The van der Waals surface area contributed by atoms with E-state index in [1.807, 2.05) is 31.2 Å². The van der Waals surface area contributed by atoms with Gasteiger partial charge in [0.1, 0.15) is 11.5 Å². The first-order valence-corrected chi connectivity index (χ1v) is 8.34. The lowest BCUT2D eigenvalue weighted by Gasteiger charge is -2.11. The minimum absolute atomic E-state index is 0. The lowest BCUT2D eigenvalue weighted by molar-refractivity contribution is -0.115. The summed E-state index contributed by atoms with van der Waals surface area (Å²) in [5, 5.41) is 18.1. The van der Waals surface area contributed by atoms with Gasteiger partial charge in [0, 0.05) is 12.2 Å². The van der Waals surface area contributed by atoms with Gasteiger partial charge in [-0.2, -0.15) is 0 Å². The van der Waals surface area contributed by atoms with Crippen molar-refractivity contribution in [1.29, 1.82) is 0 Å². The van der Waals surface area contributed by atoms with Crippen molar-refractivity contribution in [3.63, 3.8) is 0 Å². The number of anilines is 1. The third kappa shape index (κ3) is 8.16. The number of ether oxygens (including phenoxy) is 1. The van der Waals surface area contributed by atoms with E-state index in [0.717, 1.165) is 11.3 Å². The monoisotopic (exact) mass is 484 g/mol. The average molecular weight is 484 g/mol. The smallest absolute Gasteiger partial charge is 0.243 e. The predicted octanol–water partition coefficient (Wildman–Crippen LogP) is 2.71. The first-order valence-electron chi connectivity index (χ1n) is 8.34. The molecule has 0 atom stereocenters. The van der Waals surface area contributed by atoms with E-state index in [-0.39, 0.29) is 42.2 Å². The molecule has 4 N–H and O–H groups in total. The summed E-state index contributed by atoms with van der Waals surface area (Å²) in [7, 11) is 1.63. The molecule has 0 spiro atoms. The van der Waals surface area contributed by atoms with E-state index in [1.165, 1.54) is 12.1 Å². The Labute approximate surface area is 176 Å². The number of hydrogen-bond acceptors (Lipinski definition) is 4. The summed E-state index contributed by atoms with van der Waals surface area (Å²) in [6.45, 7) is 3.21. The van der Waals surface area contributed by atoms with Gasteiger partial charge in [0.25, 0.3) is 0 Å². The molecular formula is C19H25IN4O3. The number of guanidine groups is 1. The van der Waals surface area contributed by atoms with Crippen molar-refractivity contribution in [3.8, 4) is 11.5 Å². The number of carbonyl (C=O) groups is 1. The molecule has 0 saturated carbocycles. The van der Waals surface area contributed by atoms with E-state index < -0.39 is 0 Å². The second-order valence-electron chi connectivity index (χ2n) is 5.49. The van der Waals surface area contributed by atoms with Crippen molar-refractivity contribution in [2.24, 2.45) is 4.99 Å². The van der Waals surface area contributed by atoms with Gasteiger partial charge >= 0.3 is 0 Å². The zero-order chi connectivity index (χ0) is 18.8. The zero-order valence-corrected chi connectivity index (χ0v) is 17.7. The van der Waals surface area contributed by atoms with E-state index in [0.29, 0.717) is 24.7 Å². The fourth-order valence-electron chi connectivity index (χ4n) is 2.16. The van der Waals surface area contributed by atoms with Crippen LogP contribution in [0.2, 0.25) is 0 Å². The molecule has 0 aliphatic rings. The molecule has 0 radical (unpaired) electrons. The molecule has 0 saturated heterocycles. The molecule has 2 aromatic carbocycles. The van der Waals surface area contributed by atoms with Crippen LogP contribution in [-0.4, -0.2) is 37.2 Å². The maximum absolute atomic E-state index is 12.0. The van der Waals surface area contributed by atoms with Gasteiger partial charge in [-0.25, -0.2) is 4.99 Å². The molecule has 0 bridgehead atoms. The second kappa shape index (κ2) is 12.0. The zero-order valence-electron chi connectivity index (χ0n) is 15.4. The van der Waals surface area contributed by atoms with E-state index in [2.05, 4.69) is 20.9 Å². The van der Waals surface area contributed by atoms with Crippen LogP contribution in [0.5, 0.6) is 11.5 Å². The topological polar surface area (TPSA) is 95.0 Å². The highest BCUT2D eigenvalue weighted by Crippen LogP contribution is 2.13. The van der Waals surface area contributed by atoms with Crippen LogP contribution < -0.4 is 20.7 Å². The molecular weight excluding hydrogens is 459 g/mol. The third-order valence-corrected chi connectivity index (χ3v) is 3.49. The van der Waals surface area contributed by atoms with Gasteiger partial charge in [-0.3, -0.25) is 4.79 Å². The van der Waals surface area contributed by atoms with Gasteiger partial charge in [0.2, 0.25) is 5.91 Å². The Bertz CT molecular complexity index is 734. The molecule has 7 nitrogen and oxygen atoms in total. The minimum atomic E-state index is -0.203. The molecule has 0 unspecified atom stereocenters. The summed E-state index contributed by atoms with van der Waals surface area (Å²) in [4.78, 5) is 16.5. The maximum atomic E-state index is 12.0. The first-order chi connectivity index (χ1) is 12.6. The van der Waals surface area contributed by atoms with Gasteiger partial charge in [0.05, 0.1) is 20.2 Å². The fourth-order valence-corrected chi connectivity index (χ4v) is 2.16. The van der Waals surface area contributed by atoms with Crippen LogP contribution in [0.4, 0.5) is 5.69 Å². The van der Waals surface area contributed by atoms with Crippen molar-refractivity contribution < 1.29 is 14.6 Å². The lowest BCUT2D eigenvalue weighted by atomic mass is 10.2. The Kier molecular flexibility index (Phi) is 10.0. The Morgan fingerprint density at radius 1 is 1.07 bits per heavy atom. The molecule has 2 aromatic rings. The summed E-state index contributed by atoms with van der Waals surface area (Å²) < 4.78 is 5.13. The molecule has 27 heavy (non-hydrogen) atoms. The quantitative estimate of drug-likeness (QED) is 0.210. The number of benzene rings is 2. The highest BCUT2D eigenvalue weighted by molar-refractivity contribution is 14.0. The number of phenolic OH excluding ortho intramolecular Hbond substituents is 1. The number of amides is 1. The number of phenols is 1. The average Bonchev–Trinajstić information content (AvgIpc) is 2.66. The van der Waals surface area contributed by atoms with Crippen LogP contribution in [0.15, 0.2) is 53.5 Å². The molecule has 0 aromatic heterocycles. The molecule has 1 amide bonds. The van der Waals surface area contributed by atoms with Crippen molar-refractivity contribution in [1.82, 2.24) is 10.6 Å². The van der Waals surface area contributed by atoms with Crippen LogP contribution in [0.1, 0.15) is 12.5 Å². The van der Waals surface area contributed by atoms with Crippen LogP contribution in [0.25, 0.3) is 0 Å². The number of methoxy groups -OCH3 is 1. The van der Waals surface area contributed by atoms with E-state index >= 15 is 0 Å². The molecule has 0 aliphatic heterocycles. The summed E-state index contributed by atoms with van der Waals surface area (Å²) >= 11 is 0. The van der Waals surface area contributed by atoms with Gasteiger partial charge in [0.15, 0.2) is 5.96 Å². The van der Waals surface area contributed by atoms with E-state index in [1.54, 1.807) is 19.2 Å². The normalized spacial score (nSPS) is 10.5. The first kappa shape index (κ1) is 22.6. The van der Waals surface area contributed by atoms with Crippen LogP contribution in [0.3, 0.4) is 0 Å². The van der Waals surface area contributed by atoms with Crippen LogP contribution in [0, 0.1) is 0 Å². The highest BCUT2D eigenvalue weighted by Gasteiger charge is 2.04. The van der Waals surface area contributed by atoms with Crippen LogP contribution >= 0.6 is 24.0 Å². The van der Waals surface area contributed by atoms with Gasteiger partial charge in [-0.05, 0) is 48.9 Å². The number of aliphatic imine (C=N–C) groups is 1. The summed E-state index contributed by atoms with van der Waals surface area (Å²) in [6, 6.07) is 14.0. The molecule has 8 heteroatoms. The minimum Gasteiger partial charge on any atom is -0.508 e. The fraction of sp³-hybridized carbons (Fsp3) is 0.263. The predicted molar refractivity (Wildman–Crippen MR) is 118 cm³/mol. The number of aromatic hydroxyl groups is 1. The largest absolute Gasteiger partial charge is 0.508 e. The number of nitrogens with zero attached hydrogens (tertiary/aromatic N) is 1. The number of rotatable bonds is 7. The van der Waals surface area contributed by atoms with Crippen molar-refractivity contribution in [2.45, 2.75) is 13.5 Å². The number of nitrogens with one attached hydrogen (secondary N) is 3. The van der Waals surface area contributed by atoms with Crippen molar-refractivity contribution in [2.75, 3.05) is 25.5 Å². The van der Waals surface area contributed by atoms with Gasteiger partial charge in [-0.15, -0.1) is 24.0 Å². The molecule has 0 fully saturated rings. The van der Waals surface area contributed by atoms with E-state index in [9.17, 15) is 9.90 Å². The van der Waals surface area contributed by atoms with Crippen molar-refractivity contribution >= 4 is 41.5 Å². The molecule has 2 rings (SSSR count). The lowest BCUT2D eigenvalue weighted by Crippen LogP contribution is -2.41. The van der Waals surface area contributed by atoms with E-state index in [4.69, 9.17) is 4.74 Å². The second-order valence-corrected chi connectivity index (χ2v) is 5.49. The third-order valence-electron chi connectivity index (χ3n) is 3.49. The van der Waals surface area contributed by atoms with Gasteiger partial charge in [-0.1, -0.05) is 12.1 Å². The number of halogens is 1. The van der Waals surface area contributed by atoms with Gasteiger partial charge < -0.3 is 25.8 Å². The molecule has 0 aliphatic carbocycles. The molecule has 0 heterocycles. The summed E-state index contributed by atoms with van der Waals surface area (Å²) in [6.07, 6.45) is 0. The maximum Gasteiger partial charge on any atom is 0.243 e. The SMILES string of the molecule is CCNC(=NCc1ccc(OC)cc1)NCC(=O)Nc1ccc(O)cc1.I. The van der Waals surface area contributed by atoms with Crippen LogP contribution in [-0.2, 0) is 11.3 Å². The number of carbonyl (C=O) groups excluding carboxylic acids is 1. The molecule has 146 valence electrons. The standard InChI is InChI=1S/C19H24N4O3.HI/c1-3-20-19(21-12-14-4-10-17(26-2)11-5-14)22-13-18(25)23-15-6-8-16(24)9-7-15;/h4-11,24H,3,12-13H2,1-2H3,(H,23,25)(H2,20,21,22);1H. The Morgan fingerprint density at radius 3 is 2.33 bits per heavy atom. The summed E-state index contributed by atoms with van der Waals surface area (Å²) in [5.74, 6) is 1.31.